The van der Waals surface area contributed by atoms with E-state index >= 15 is 0 Å². The third-order valence-corrected chi connectivity index (χ3v) is 3.91. The summed E-state index contributed by atoms with van der Waals surface area (Å²) in [7, 11) is 0. The molecule has 106 valence electrons. The summed E-state index contributed by atoms with van der Waals surface area (Å²) >= 11 is 0. The molecule has 1 atom stereocenters. The second kappa shape index (κ2) is 4.15. The van der Waals surface area contributed by atoms with Crippen molar-refractivity contribution < 1.29 is 14.0 Å². The van der Waals surface area contributed by atoms with Crippen LogP contribution < -0.4 is 4.90 Å². The zero-order chi connectivity index (χ0) is 14.6. The normalized spacial score (nSPS) is 20.7. The van der Waals surface area contributed by atoms with Gasteiger partial charge in [0.1, 0.15) is 11.9 Å². The van der Waals surface area contributed by atoms with Crippen molar-refractivity contribution in [3.8, 4) is 0 Å². The maximum atomic E-state index is 13.3. The molecular formula is C14H11FN4O2. The van der Waals surface area contributed by atoms with E-state index < -0.39 is 17.9 Å². The molecule has 2 aliphatic heterocycles. The lowest BCUT2D eigenvalue weighted by atomic mass is 10.0. The van der Waals surface area contributed by atoms with Gasteiger partial charge in [-0.1, -0.05) is 6.07 Å². The summed E-state index contributed by atoms with van der Waals surface area (Å²) in [4.78, 5) is 34.6. The van der Waals surface area contributed by atoms with E-state index in [1.54, 1.807) is 12.4 Å². The summed E-state index contributed by atoms with van der Waals surface area (Å²) in [6.07, 6.45) is 1.95. The lowest BCUT2D eigenvalue weighted by Crippen LogP contribution is -2.40. The summed E-state index contributed by atoms with van der Waals surface area (Å²) < 4.78 is 13.3. The highest BCUT2D eigenvalue weighted by Crippen LogP contribution is 2.31. The van der Waals surface area contributed by atoms with Crippen molar-refractivity contribution in [2.24, 2.45) is 0 Å². The van der Waals surface area contributed by atoms with Gasteiger partial charge in [-0.2, -0.15) is 0 Å². The minimum absolute atomic E-state index is 0.260. The van der Waals surface area contributed by atoms with Crippen LogP contribution in [0, 0.1) is 5.82 Å². The molecule has 0 bridgehead atoms. The Morgan fingerprint density at radius 3 is 3.00 bits per heavy atom. The number of nitrogens with one attached hydrogen (secondary N) is 1. The molecular weight excluding hydrogens is 275 g/mol. The van der Waals surface area contributed by atoms with Gasteiger partial charge in [0.05, 0.1) is 29.9 Å². The number of halogens is 1. The molecule has 4 rings (SSSR count). The van der Waals surface area contributed by atoms with Crippen LogP contribution in [-0.2, 0) is 17.8 Å². The van der Waals surface area contributed by atoms with Crippen molar-refractivity contribution in [1.29, 1.82) is 0 Å². The van der Waals surface area contributed by atoms with Crippen molar-refractivity contribution in [2.75, 3.05) is 4.90 Å². The number of rotatable bonds is 1. The van der Waals surface area contributed by atoms with Gasteiger partial charge in [0.15, 0.2) is 0 Å². The summed E-state index contributed by atoms with van der Waals surface area (Å²) in [5.74, 6) is -0.816. The first-order chi connectivity index (χ1) is 10.1. The average molecular weight is 286 g/mol. The number of imidazole rings is 1. The summed E-state index contributed by atoms with van der Waals surface area (Å²) in [6.45, 7) is 0.316. The quantitative estimate of drug-likeness (QED) is 0.806. The SMILES string of the molecule is O=C1C2Cc3nc[nH]c3CN2C(=O)N1c1cccc(F)c1. The first kappa shape index (κ1) is 12.1. The number of H-pyrrole nitrogens is 1. The van der Waals surface area contributed by atoms with E-state index in [4.69, 9.17) is 0 Å². The highest BCUT2D eigenvalue weighted by Gasteiger charge is 2.48. The number of aromatic amines is 1. The lowest BCUT2D eigenvalue weighted by molar-refractivity contribution is -0.120. The van der Waals surface area contributed by atoms with E-state index in [9.17, 15) is 14.0 Å². The molecule has 6 nitrogen and oxygen atoms in total. The first-order valence-electron chi connectivity index (χ1n) is 6.56. The lowest BCUT2D eigenvalue weighted by Gasteiger charge is -2.25. The molecule has 3 amide bonds. The van der Waals surface area contributed by atoms with Gasteiger partial charge in [-0.05, 0) is 18.2 Å². The van der Waals surface area contributed by atoms with Crippen LogP contribution in [0.2, 0.25) is 0 Å². The van der Waals surface area contributed by atoms with Crippen molar-refractivity contribution in [3.05, 3.63) is 47.8 Å². The number of carbonyl (C=O) groups excluding carboxylic acids is 2. The molecule has 1 fully saturated rings. The molecule has 1 saturated heterocycles. The van der Waals surface area contributed by atoms with Gasteiger partial charge in [0.25, 0.3) is 5.91 Å². The zero-order valence-electron chi connectivity index (χ0n) is 10.9. The number of imide groups is 1. The van der Waals surface area contributed by atoms with Crippen LogP contribution in [0.3, 0.4) is 0 Å². The Labute approximate surface area is 119 Å². The summed E-state index contributed by atoms with van der Waals surface area (Å²) in [6, 6.07) is 4.51. The molecule has 0 spiro atoms. The highest BCUT2D eigenvalue weighted by molar-refractivity contribution is 6.21. The number of carbonyl (C=O) groups is 2. The van der Waals surface area contributed by atoms with E-state index in [0.717, 1.165) is 16.3 Å². The molecule has 1 N–H and O–H groups in total. The fraction of sp³-hybridized carbons (Fsp3) is 0.214. The van der Waals surface area contributed by atoms with Gasteiger partial charge in [-0.3, -0.25) is 4.79 Å². The van der Waals surface area contributed by atoms with Gasteiger partial charge in [-0.25, -0.2) is 19.1 Å². The first-order valence-corrected chi connectivity index (χ1v) is 6.56. The molecule has 21 heavy (non-hydrogen) atoms. The fourth-order valence-electron chi connectivity index (χ4n) is 2.88. The van der Waals surface area contributed by atoms with Crippen LogP contribution in [0.15, 0.2) is 30.6 Å². The van der Waals surface area contributed by atoms with Crippen molar-refractivity contribution in [1.82, 2.24) is 14.9 Å². The maximum absolute atomic E-state index is 13.3. The minimum Gasteiger partial charge on any atom is -0.347 e. The zero-order valence-corrected chi connectivity index (χ0v) is 10.9. The molecule has 2 aliphatic rings. The molecule has 3 heterocycles. The monoisotopic (exact) mass is 286 g/mol. The predicted octanol–water partition coefficient (Wildman–Crippen LogP) is 1.44. The average Bonchev–Trinajstić information content (AvgIpc) is 3.01. The molecule has 0 radical (unpaired) electrons. The molecule has 1 unspecified atom stereocenters. The molecule has 0 aliphatic carbocycles. The number of amides is 3. The number of urea groups is 1. The third kappa shape index (κ3) is 1.67. The summed E-state index contributed by atoms with van der Waals surface area (Å²) in [5, 5.41) is 0. The predicted molar refractivity (Wildman–Crippen MR) is 70.9 cm³/mol. The van der Waals surface area contributed by atoms with Crippen molar-refractivity contribution in [2.45, 2.75) is 19.0 Å². The Morgan fingerprint density at radius 1 is 1.33 bits per heavy atom. The van der Waals surface area contributed by atoms with Crippen LogP contribution >= 0.6 is 0 Å². The molecule has 1 aromatic carbocycles. The molecule has 2 aromatic rings. The van der Waals surface area contributed by atoms with E-state index in [1.807, 2.05) is 0 Å². The Hall–Kier alpha value is -2.70. The maximum Gasteiger partial charge on any atom is 0.332 e. The highest BCUT2D eigenvalue weighted by atomic mass is 19.1. The Bertz CT molecular complexity index is 718. The number of aromatic nitrogens is 2. The number of anilines is 1. The smallest absolute Gasteiger partial charge is 0.332 e. The van der Waals surface area contributed by atoms with E-state index in [0.29, 0.717) is 13.0 Å². The second-order valence-electron chi connectivity index (χ2n) is 5.11. The van der Waals surface area contributed by atoms with E-state index in [2.05, 4.69) is 9.97 Å². The van der Waals surface area contributed by atoms with Crippen LogP contribution in [0.5, 0.6) is 0 Å². The van der Waals surface area contributed by atoms with Gasteiger partial charge in [-0.15, -0.1) is 0 Å². The Morgan fingerprint density at radius 2 is 2.19 bits per heavy atom. The van der Waals surface area contributed by atoms with E-state index in [1.165, 1.54) is 23.1 Å². The van der Waals surface area contributed by atoms with Crippen LogP contribution in [-0.4, -0.2) is 32.8 Å². The van der Waals surface area contributed by atoms with Gasteiger partial charge in [0, 0.05) is 6.42 Å². The third-order valence-electron chi connectivity index (χ3n) is 3.91. The molecule has 1 aromatic heterocycles. The van der Waals surface area contributed by atoms with Crippen LogP contribution in [0.25, 0.3) is 0 Å². The van der Waals surface area contributed by atoms with Gasteiger partial charge < -0.3 is 9.88 Å². The Balaban J connectivity index is 1.73. The van der Waals surface area contributed by atoms with Gasteiger partial charge >= 0.3 is 6.03 Å². The fourth-order valence-corrected chi connectivity index (χ4v) is 2.88. The van der Waals surface area contributed by atoms with Crippen LogP contribution in [0.1, 0.15) is 11.4 Å². The standard InChI is InChI=1S/C14H11FN4O2/c15-8-2-1-3-9(4-8)19-13(20)12-5-10-11(17-7-16-10)6-18(12)14(19)21/h1-4,7,12H,5-6H2,(H,16,17). The van der Waals surface area contributed by atoms with Crippen molar-refractivity contribution in [3.63, 3.8) is 0 Å². The van der Waals surface area contributed by atoms with Gasteiger partial charge in [0.2, 0.25) is 0 Å². The number of fused-ring (bicyclic) bond motifs is 2. The Kier molecular flexibility index (Phi) is 2.38. The number of hydrogen-bond donors (Lipinski definition) is 1. The molecule has 0 saturated carbocycles. The minimum atomic E-state index is -0.559. The number of nitrogens with zero attached hydrogens (tertiary/aromatic N) is 3. The van der Waals surface area contributed by atoms with Crippen molar-refractivity contribution >= 4 is 17.6 Å². The summed E-state index contributed by atoms with van der Waals surface area (Å²) in [5.41, 5.74) is 1.91. The van der Waals surface area contributed by atoms with Crippen LogP contribution in [0.4, 0.5) is 14.9 Å². The molecule has 7 heteroatoms. The second-order valence-corrected chi connectivity index (χ2v) is 5.11. The van der Waals surface area contributed by atoms with E-state index in [-0.39, 0.29) is 11.6 Å². The largest absolute Gasteiger partial charge is 0.347 e. The topological polar surface area (TPSA) is 69.3 Å². The number of benzene rings is 1. The number of hydrogen-bond acceptors (Lipinski definition) is 3.